The van der Waals surface area contributed by atoms with Crippen LogP contribution in [0.4, 0.5) is 0 Å². The minimum Gasteiger partial charge on any atom is -0.282 e. The fraction of sp³-hybridized carbons (Fsp3) is 0.769. The van der Waals surface area contributed by atoms with Crippen LogP contribution in [-0.4, -0.2) is 48.4 Å². The van der Waals surface area contributed by atoms with Crippen molar-refractivity contribution in [2.75, 3.05) is 20.7 Å². The predicted molar refractivity (Wildman–Crippen MR) is 66.6 cm³/mol. The second kappa shape index (κ2) is 5.69. The zero-order valence-corrected chi connectivity index (χ0v) is 11.4. The van der Waals surface area contributed by atoms with Crippen LogP contribution < -0.4 is 0 Å². The molecule has 1 aliphatic heterocycles. The highest BCUT2D eigenvalue weighted by Gasteiger charge is 2.47. The van der Waals surface area contributed by atoms with Gasteiger partial charge in [-0.3, -0.25) is 24.1 Å². The van der Waals surface area contributed by atoms with Crippen LogP contribution in [0.25, 0.3) is 0 Å². The van der Waals surface area contributed by atoms with E-state index in [-0.39, 0.29) is 42.5 Å². The summed E-state index contributed by atoms with van der Waals surface area (Å²) in [6.07, 6.45) is 3.75. The number of hydroxylamine groups is 2. The number of fused-ring (bicyclic) bond motifs is 1. The van der Waals surface area contributed by atoms with E-state index < -0.39 is 0 Å². The summed E-state index contributed by atoms with van der Waals surface area (Å²) in [5.41, 5.74) is 0. The maximum atomic E-state index is 12.2. The molecule has 1 aliphatic carbocycles. The molecular weight excluding hydrogens is 248 g/mol. The standard InChI is InChI=1S/C13H20N2O4/c1-14(19-2)11(16)7-8-15-12(17)9-5-3-4-6-10(9)13(15)18/h9-10H,3-8H2,1-2H3. The highest BCUT2D eigenvalue weighted by Crippen LogP contribution is 2.37. The van der Waals surface area contributed by atoms with E-state index in [1.807, 2.05) is 0 Å². The Labute approximate surface area is 112 Å². The molecule has 0 N–H and O–H groups in total. The van der Waals surface area contributed by atoms with Crippen molar-refractivity contribution in [3.8, 4) is 0 Å². The number of amides is 3. The monoisotopic (exact) mass is 268 g/mol. The molecule has 0 bridgehead atoms. The van der Waals surface area contributed by atoms with Crippen molar-refractivity contribution in [3.63, 3.8) is 0 Å². The molecule has 0 spiro atoms. The van der Waals surface area contributed by atoms with Gasteiger partial charge in [-0.25, -0.2) is 5.06 Å². The van der Waals surface area contributed by atoms with Crippen LogP contribution in [0, 0.1) is 11.8 Å². The fourth-order valence-corrected chi connectivity index (χ4v) is 2.92. The van der Waals surface area contributed by atoms with Crippen LogP contribution in [0.3, 0.4) is 0 Å². The summed E-state index contributed by atoms with van der Waals surface area (Å²) in [6.45, 7) is 0.164. The molecule has 0 radical (unpaired) electrons. The number of carbonyl (C=O) groups excluding carboxylic acids is 3. The minimum atomic E-state index is -0.238. The summed E-state index contributed by atoms with van der Waals surface area (Å²) < 4.78 is 0. The smallest absolute Gasteiger partial charge is 0.247 e. The first-order chi connectivity index (χ1) is 9.06. The molecule has 0 aromatic heterocycles. The Kier molecular flexibility index (Phi) is 4.19. The normalized spacial score (nSPS) is 26.5. The first-order valence-electron chi connectivity index (χ1n) is 6.72. The maximum Gasteiger partial charge on any atom is 0.247 e. The average molecular weight is 268 g/mol. The lowest BCUT2D eigenvalue weighted by Crippen LogP contribution is -2.35. The van der Waals surface area contributed by atoms with Crippen LogP contribution in [0.1, 0.15) is 32.1 Å². The highest BCUT2D eigenvalue weighted by atomic mass is 16.7. The van der Waals surface area contributed by atoms with Gasteiger partial charge in [-0.05, 0) is 12.8 Å². The molecule has 2 rings (SSSR count). The van der Waals surface area contributed by atoms with Crippen LogP contribution >= 0.6 is 0 Å². The van der Waals surface area contributed by atoms with Crippen LogP contribution in [0.15, 0.2) is 0 Å². The lowest BCUT2D eigenvalue weighted by atomic mass is 9.81. The largest absolute Gasteiger partial charge is 0.282 e. The molecule has 19 heavy (non-hydrogen) atoms. The molecule has 1 saturated carbocycles. The number of rotatable bonds is 4. The molecule has 6 nitrogen and oxygen atoms in total. The van der Waals surface area contributed by atoms with Crippen molar-refractivity contribution in [3.05, 3.63) is 0 Å². The third-order valence-electron chi connectivity index (χ3n) is 4.11. The van der Waals surface area contributed by atoms with E-state index in [4.69, 9.17) is 4.84 Å². The average Bonchev–Trinajstić information content (AvgIpc) is 2.68. The topological polar surface area (TPSA) is 66.9 Å². The molecule has 1 saturated heterocycles. The Balaban J connectivity index is 1.95. The second-order valence-corrected chi connectivity index (χ2v) is 5.15. The van der Waals surface area contributed by atoms with Crippen LogP contribution in [0.2, 0.25) is 0 Å². The van der Waals surface area contributed by atoms with E-state index in [9.17, 15) is 14.4 Å². The molecule has 106 valence electrons. The SMILES string of the molecule is CON(C)C(=O)CCN1C(=O)C2CCCCC2C1=O. The van der Waals surface area contributed by atoms with Gasteiger partial charge in [0.2, 0.25) is 17.7 Å². The summed E-state index contributed by atoms with van der Waals surface area (Å²) in [6, 6.07) is 0. The molecule has 2 atom stereocenters. The van der Waals surface area contributed by atoms with Gasteiger partial charge in [0.15, 0.2) is 0 Å². The van der Waals surface area contributed by atoms with Crippen molar-refractivity contribution in [2.24, 2.45) is 11.8 Å². The first kappa shape index (κ1) is 14.0. The van der Waals surface area contributed by atoms with E-state index >= 15 is 0 Å². The second-order valence-electron chi connectivity index (χ2n) is 5.15. The molecule has 2 fully saturated rings. The molecule has 0 aromatic rings. The molecule has 2 aliphatic rings. The number of likely N-dealkylation sites (tertiary alicyclic amines) is 1. The van der Waals surface area contributed by atoms with Crippen molar-refractivity contribution < 1.29 is 19.2 Å². The van der Waals surface area contributed by atoms with Gasteiger partial charge in [-0.2, -0.15) is 0 Å². The number of hydrogen-bond donors (Lipinski definition) is 0. The van der Waals surface area contributed by atoms with Crippen molar-refractivity contribution in [1.29, 1.82) is 0 Å². The Hall–Kier alpha value is -1.43. The highest BCUT2D eigenvalue weighted by molar-refractivity contribution is 6.05. The van der Waals surface area contributed by atoms with Gasteiger partial charge in [-0.15, -0.1) is 0 Å². The van der Waals surface area contributed by atoms with Crippen molar-refractivity contribution in [1.82, 2.24) is 9.96 Å². The van der Waals surface area contributed by atoms with Gasteiger partial charge >= 0.3 is 0 Å². The van der Waals surface area contributed by atoms with Crippen molar-refractivity contribution >= 4 is 17.7 Å². The number of hydrogen-bond acceptors (Lipinski definition) is 4. The van der Waals surface area contributed by atoms with Gasteiger partial charge in [-0.1, -0.05) is 12.8 Å². The van der Waals surface area contributed by atoms with Gasteiger partial charge < -0.3 is 0 Å². The minimum absolute atomic E-state index is 0.0948. The Morgan fingerprint density at radius 3 is 2.26 bits per heavy atom. The summed E-state index contributed by atoms with van der Waals surface area (Å²) >= 11 is 0. The zero-order valence-electron chi connectivity index (χ0n) is 11.4. The van der Waals surface area contributed by atoms with Crippen molar-refractivity contribution in [2.45, 2.75) is 32.1 Å². The summed E-state index contributed by atoms with van der Waals surface area (Å²) in [4.78, 5) is 41.9. The van der Waals surface area contributed by atoms with E-state index in [2.05, 4.69) is 0 Å². The number of nitrogens with zero attached hydrogens (tertiary/aromatic N) is 2. The van der Waals surface area contributed by atoms with Crippen LogP contribution in [0.5, 0.6) is 0 Å². The molecule has 6 heteroatoms. The van der Waals surface area contributed by atoms with Gasteiger partial charge in [0.1, 0.15) is 0 Å². The first-order valence-corrected chi connectivity index (χ1v) is 6.72. The molecular formula is C13H20N2O4. The van der Waals surface area contributed by atoms with E-state index in [1.165, 1.54) is 19.1 Å². The Bertz CT molecular complexity index is 372. The number of carbonyl (C=O) groups is 3. The maximum absolute atomic E-state index is 12.2. The van der Waals surface area contributed by atoms with E-state index in [0.717, 1.165) is 30.7 Å². The Morgan fingerprint density at radius 2 is 1.79 bits per heavy atom. The molecule has 2 unspecified atom stereocenters. The molecule has 0 aromatic carbocycles. The molecule has 3 amide bonds. The van der Waals surface area contributed by atoms with Gasteiger partial charge in [0, 0.05) is 20.0 Å². The third-order valence-corrected chi connectivity index (χ3v) is 4.11. The Morgan fingerprint density at radius 1 is 1.26 bits per heavy atom. The van der Waals surface area contributed by atoms with Gasteiger partial charge in [0.25, 0.3) is 0 Å². The summed E-state index contributed by atoms with van der Waals surface area (Å²) in [5, 5.41) is 1.11. The lowest BCUT2D eigenvalue weighted by molar-refractivity contribution is -0.169. The quantitative estimate of drug-likeness (QED) is 0.552. The van der Waals surface area contributed by atoms with Crippen LogP contribution in [-0.2, 0) is 19.2 Å². The summed E-state index contributed by atoms with van der Waals surface area (Å²) in [5.74, 6) is -0.712. The predicted octanol–water partition coefficient (Wildman–Crippen LogP) is 0.571. The molecule has 1 heterocycles. The zero-order chi connectivity index (χ0) is 14.0. The summed E-state index contributed by atoms with van der Waals surface area (Å²) in [7, 11) is 2.91. The number of imide groups is 1. The fourth-order valence-electron chi connectivity index (χ4n) is 2.92. The lowest BCUT2D eigenvalue weighted by Gasteiger charge is -2.19. The van der Waals surface area contributed by atoms with Gasteiger partial charge in [0.05, 0.1) is 18.9 Å². The third kappa shape index (κ3) is 2.63. The van der Waals surface area contributed by atoms with E-state index in [0.29, 0.717) is 0 Å². The van der Waals surface area contributed by atoms with E-state index in [1.54, 1.807) is 0 Å².